The van der Waals surface area contributed by atoms with E-state index in [1.54, 1.807) is 0 Å². The number of benzene rings is 4. The minimum atomic E-state index is -5.08. The van der Waals surface area contributed by atoms with Gasteiger partial charge in [-0.05, 0) is 119 Å². The van der Waals surface area contributed by atoms with Crippen molar-refractivity contribution in [2.75, 3.05) is 0 Å². The molecule has 0 unspecified atom stereocenters. The first-order valence-electron chi connectivity index (χ1n) is 13.1. The van der Waals surface area contributed by atoms with Gasteiger partial charge in [0.2, 0.25) is 0 Å². The van der Waals surface area contributed by atoms with E-state index in [4.69, 9.17) is 0 Å². The minimum absolute atomic E-state index is 0.540. The molecule has 0 heterocycles. The van der Waals surface area contributed by atoms with Crippen LogP contribution in [0.25, 0.3) is 0 Å². The lowest BCUT2D eigenvalue weighted by atomic mass is 9.91. The summed E-state index contributed by atoms with van der Waals surface area (Å²) in [6.07, 6.45) is -3.37. The molecule has 0 amide bonds. The van der Waals surface area contributed by atoms with Gasteiger partial charge in [-0.3, -0.25) is 18.2 Å². The zero-order valence-corrected chi connectivity index (χ0v) is 27.0. The Balaban J connectivity index is 1.93. The normalized spacial score (nSPS) is 14.1. The Kier molecular flexibility index (Phi) is 8.54. The summed E-state index contributed by atoms with van der Waals surface area (Å²) in [4.78, 5) is -3.58. The van der Waals surface area contributed by atoms with E-state index in [2.05, 4.69) is 0 Å². The predicted molar refractivity (Wildman–Crippen MR) is 154 cm³/mol. The topological polar surface area (TPSA) is 310 Å². The van der Waals surface area contributed by atoms with Crippen LogP contribution in [0.4, 0.5) is 0 Å². The lowest BCUT2D eigenvalue weighted by Gasteiger charge is -2.28. The van der Waals surface area contributed by atoms with Gasteiger partial charge >= 0.3 is 0 Å². The molecule has 0 fully saturated rings. The maximum atomic E-state index is 13.6. The van der Waals surface area contributed by atoms with Crippen molar-refractivity contribution in [1.29, 1.82) is 0 Å². The molecule has 4 aromatic rings. The fraction of sp³-hybridized carbons (Fsp3) is 0.143. The summed E-state index contributed by atoms with van der Waals surface area (Å²) < 4.78 is 136. The van der Waals surface area contributed by atoms with Crippen molar-refractivity contribution in [3.05, 3.63) is 93.0 Å². The molecular formula is C28H20O16S4-4. The molecule has 0 saturated carbocycles. The second kappa shape index (κ2) is 11.7. The van der Waals surface area contributed by atoms with E-state index in [0.29, 0.717) is 48.5 Å². The van der Waals surface area contributed by atoms with E-state index >= 15 is 0 Å². The van der Waals surface area contributed by atoms with E-state index in [-0.39, 0.29) is 0 Å². The van der Waals surface area contributed by atoms with Crippen LogP contribution in [-0.4, -0.2) is 51.9 Å². The molecule has 256 valence electrons. The summed E-state index contributed by atoms with van der Waals surface area (Å²) in [5, 5.41) is 54.4. The van der Waals surface area contributed by atoms with Crippen LogP contribution in [-0.2, 0) is 66.2 Å². The molecule has 1 aliphatic rings. The molecule has 48 heavy (non-hydrogen) atoms. The highest BCUT2D eigenvalue weighted by molar-refractivity contribution is 7.86. The maximum Gasteiger partial charge on any atom is 0.294 e. The summed E-state index contributed by atoms with van der Waals surface area (Å²) in [5.74, 6) is -4.07. The molecule has 4 aromatic carbocycles. The fourth-order valence-electron chi connectivity index (χ4n) is 5.36. The largest absolute Gasteiger partial charge is 0.872 e. The molecule has 0 spiro atoms. The third-order valence-corrected chi connectivity index (χ3v) is 10.9. The van der Waals surface area contributed by atoms with Gasteiger partial charge in [-0.15, -0.1) is 23.0 Å². The molecule has 0 saturated heterocycles. The van der Waals surface area contributed by atoms with Crippen molar-refractivity contribution in [2.45, 2.75) is 45.3 Å². The lowest BCUT2D eigenvalue weighted by Crippen LogP contribution is -2.14. The van der Waals surface area contributed by atoms with Gasteiger partial charge in [0.05, 0.1) is 19.6 Å². The van der Waals surface area contributed by atoms with Crippen molar-refractivity contribution < 1.29 is 72.3 Å². The predicted octanol–water partition coefficient (Wildman–Crippen LogP) is -0.356. The van der Waals surface area contributed by atoms with Gasteiger partial charge < -0.3 is 20.4 Å². The van der Waals surface area contributed by atoms with E-state index in [0.717, 1.165) is 0 Å². The third-order valence-electron chi connectivity index (χ3n) is 7.58. The fourth-order valence-corrected chi connectivity index (χ4v) is 7.69. The smallest absolute Gasteiger partial charge is 0.294 e. The third kappa shape index (κ3) is 6.96. The van der Waals surface area contributed by atoms with Crippen LogP contribution in [0.1, 0.15) is 44.5 Å². The Morgan fingerprint density at radius 1 is 0.333 bits per heavy atom. The Morgan fingerprint density at radius 2 is 0.458 bits per heavy atom. The minimum Gasteiger partial charge on any atom is -0.872 e. The summed E-state index contributed by atoms with van der Waals surface area (Å²) in [6.45, 7) is 0. The molecule has 8 bridgehead atoms. The number of hydrogen-bond donors (Lipinski definition) is 4. The molecule has 16 nitrogen and oxygen atoms in total. The van der Waals surface area contributed by atoms with Crippen molar-refractivity contribution >= 4 is 40.5 Å². The lowest BCUT2D eigenvalue weighted by molar-refractivity contribution is -0.271. The van der Waals surface area contributed by atoms with E-state index in [1.165, 1.54) is 0 Å². The Hall–Kier alpha value is -4.28. The number of rotatable bonds is 4. The van der Waals surface area contributed by atoms with Crippen LogP contribution >= 0.6 is 0 Å². The van der Waals surface area contributed by atoms with Gasteiger partial charge in [-0.1, -0.05) is 0 Å². The number of fused-ring (bicyclic) bond motifs is 8. The van der Waals surface area contributed by atoms with Crippen molar-refractivity contribution in [3.63, 3.8) is 0 Å². The highest BCUT2D eigenvalue weighted by Crippen LogP contribution is 2.38. The first-order valence-corrected chi connectivity index (χ1v) is 18.9. The van der Waals surface area contributed by atoms with Crippen molar-refractivity contribution in [2.24, 2.45) is 0 Å². The summed E-state index contributed by atoms with van der Waals surface area (Å²) in [5.41, 5.74) is -4.32. The van der Waals surface area contributed by atoms with E-state index in [9.17, 15) is 72.3 Å². The molecule has 0 aromatic heterocycles. The molecule has 20 heteroatoms. The molecule has 0 radical (unpaired) electrons. The quantitative estimate of drug-likeness (QED) is 0.171. The van der Waals surface area contributed by atoms with E-state index in [1.807, 2.05) is 0 Å². The highest BCUT2D eigenvalue weighted by atomic mass is 32.2. The molecule has 1 aliphatic carbocycles. The monoisotopic (exact) mass is 740 g/mol. The number of hydrogen-bond acceptors (Lipinski definition) is 12. The van der Waals surface area contributed by atoms with Gasteiger partial charge in [-0.2, -0.15) is 33.7 Å². The van der Waals surface area contributed by atoms with Crippen LogP contribution < -0.4 is 20.4 Å². The zero-order chi connectivity index (χ0) is 35.7. The van der Waals surface area contributed by atoms with Gasteiger partial charge in [0.25, 0.3) is 40.5 Å². The van der Waals surface area contributed by atoms with E-state index < -0.39 is 153 Å². The van der Waals surface area contributed by atoms with Gasteiger partial charge in [0, 0.05) is 0 Å². The highest BCUT2D eigenvalue weighted by Gasteiger charge is 2.22. The van der Waals surface area contributed by atoms with Gasteiger partial charge in [0.1, 0.15) is 0 Å². The molecule has 5 rings (SSSR count). The second-order valence-corrected chi connectivity index (χ2v) is 16.6. The average Bonchev–Trinajstić information content (AvgIpc) is 2.93. The van der Waals surface area contributed by atoms with Crippen molar-refractivity contribution in [3.8, 4) is 23.0 Å². The Labute approximate surface area is 273 Å². The van der Waals surface area contributed by atoms with Gasteiger partial charge in [-0.25, -0.2) is 0 Å². The molecular weight excluding hydrogens is 721 g/mol. The van der Waals surface area contributed by atoms with Crippen LogP contribution in [0.2, 0.25) is 0 Å². The first-order chi connectivity index (χ1) is 21.9. The molecule has 0 aliphatic heterocycles. The SMILES string of the molecule is O=S(=O)(O)c1cc2c([O-])c(c1)Cc1cc(S(=O)(=O)O)cc(c1[O-])Cc1cc(S(=O)(=O)O)cc(c1[O-])Cc1cc(S(=O)(=O)O)cc(c1[O-])C2. The standard InChI is InChI=1S/C28H24O16S4/c29-25-13-1-14-6-22(46(36,37)38)8-16(26(14)30)3-18-10-24(48(42,43)44)12-20(28(18)32)4-19-11-23(47(39,40)41)9-17(27(19)31)2-15(25)7-21(5-13)45(33,34)35/h5-12,29-32H,1-4H2,(H,33,34,35)(H,36,37,38)(H,39,40,41)(H,42,43,44)/p-4. The summed E-state index contributed by atoms with van der Waals surface area (Å²) in [7, 11) is -20.3. The Morgan fingerprint density at radius 3 is 0.562 bits per heavy atom. The first kappa shape index (κ1) is 35.0. The van der Waals surface area contributed by atoms with Gasteiger partial charge in [0.15, 0.2) is 0 Å². The molecule has 4 N–H and O–H groups in total. The van der Waals surface area contributed by atoms with Crippen LogP contribution in [0.15, 0.2) is 68.1 Å². The summed E-state index contributed by atoms with van der Waals surface area (Å²) >= 11 is 0. The zero-order valence-electron chi connectivity index (χ0n) is 23.8. The average molecular weight is 741 g/mol. The van der Waals surface area contributed by atoms with Crippen LogP contribution in [0.3, 0.4) is 0 Å². The van der Waals surface area contributed by atoms with Crippen LogP contribution in [0, 0.1) is 0 Å². The molecule has 0 atom stereocenters. The van der Waals surface area contributed by atoms with Crippen LogP contribution in [0.5, 0.6) is 23.0 Å². The Bertz CT molecular complexity index is 2040. The van der Waals surface area contributed by atoms with Crippen molar-refractivity contribution in [1.82, 2.24) is 0 Å². The maximum absolute atomic E-state index is 13.6. The second-order valence-electron chi connectivity index (χ2n) is 10.9. The summed E-state index contributed by atoms with van der Waals surface area (Å²) in [6, 6.07) is 5.33.